The van der Waals surface area contributed by atoms with Crippen LogP contribution >= 0.6 is 0 Å². The number of carbonyl (C=O) groups excluding carboxylic acids is 1. The molecule has 0 amide bonds. The van der Waals surface area contributed by atoms with Gasteiger partial charge in [-0.1, -0.05) is 23.8 Å². The second-order valence-corrected chi connectivity index (χ2v) is 5.39. The summed E-state index contributed by atoms with van der Waals surface area (Å²) in [5.74, 6) is -0.254. The van der Waals surface area contributed by atoms with Gasteiger partial charge in [-0.25, -0.2) is 4.39 Å². The van der Waals surface area contributed by atoms with E-state index in [1.165, 1.54) is 12.1 Å². The molecule has 2 aromatic carbocycles. The van der Waals surface area contributed by atoms with Crippen molar-refractivity contribution in [3.63, 3.8) is 0 Å². The number of Topliss-reactive ketones (excluding diaryl/α,β-unsaturated/α-hetero) is 1. The third-order valence-corrected chi connectivity index (χ3v) is 3.73. The molecule has 1 heterocycles. The van der Waals surface area contributed by atoms with Gasteiger partial charge >= 0.3 is 0 Å². The minimum absolute atomic E-state index is 0.0364. The second-order valence-electron chi connectivity index (χ2n) is 5.39. The Hall–Kier alpha value is -2.42. The fourth-order valence-corrected chi connectivity index (χ4v) is 2.66. The summed E-state index contributed by atoms with van der Waals surface area (Å²) < 4.78 is 15.2. The van der Waals surface area contributed by atoms with E-state index in [0.717, 1.165) is 27.6 Å². The fraction of sp³-hybridized carbons (Fsp3) is 0.167. The van der Waals surface area contributed by atoms with Gasteiger partial charge in [0.1, 0.15) is 5.82 Å². The normalized spacial score (nSPS) is 11.0. The Balaban J connectivity index is 1.94. The average Bonchev–Trinajstić information content (AvgIpc) is 2.81. The molecule has 0 spiro atoms. The topological polar surface area (TPSA) is 22.0 Å². The van der Waals surface area contributed by atoms with Crippen molar-refractivity contribution in [1.82, 2.24) is 4.57 Å². The highest BCUT2D eigenvalue weighted by atomic mass is 19.1. The molecule has 21 heavy (non-hydrogen) atoms. The van der Waals surface area contributed by atoms with E-state index in [-0.39, 0.29) is 18.1 Å². The highest BCUT2D eigenvalue weighted by molar-refractivity contribution is 5.98. The summed E-state index contributed by atoms with van der Waals surface area (Å²) in [6.45, 7) is 4.16. The average molecular weight is 281 g/mol. The van der Waals surface area contributed by atoms with Crippen LogP contribution in [0.2, 0.25) is 0 Å². The molecule has 0 N–H and O–H groups in total. The van der Waals surface area contributed by atoms with Crippen LogP contribution in [0.5, 0.6) is 0 Å². The lowest BCUT2D eigenvalue weighted by atomic mass is 10.0. The van der Waals surface area contributed by atoms with E-state index in [1.807, 2.05) is 44.3 Å². The van der Waals surface area contributed by atoms with Gasteiger partial charge in [-0.15, -0.1) is 0 Å². The van der Waals surface area contributed by atoms with E-state index >= 15 is 0 Å². The molecule has 0 saturated carbocycles. The van der Waals surface area contributed by atoms with Crippen molar-refractivity contribution in [2.45, 2.75) is 20.4 Å². The fourth-order valence-electron chi connectivity index (χ4n) is 2.66. The molecule has 0 radical (unpaired) electrons. The van der Waals surface area contributed by atoms with Crippen LogP contribution in [0.15, 0.2) is 48.7 Å². The number of hydrogen-bond acceptors (Lipinski definition) is 1. The van der Waals surface area contributed by atoms with Crippen LogP contribution in [0, 0.1) is 19.7 Å². The van der Waals surface area contributed by atoms with Crippen LogP contribution in [0.4, 0.5) is 4.39 Å². The molecule has 106 valence electrons. The van der Waals surface area contributed by atoms with E-state index < -0.39 is 0 Å². The predicted molar refractivity (Wildman–Crippen MR) is 82.1 cm³/mol. The Kier molecular flexibility index (Phi) is 3.34. The molecule has 0 fully saturated rings. The Morgan fingerprint density at radius 3 is 2.67 bits per heavy atom. The summed E-state index contributed by atoms with van der Waals surface area (Å²) in [6.07, 6.45) is 1.82. The Morgan fingerprint density at radius 1 is 1.10 bits per heavy atom. The monoisotopic (exact) mass is 281 g/mol. The van der Waals surface area contributed by atoms with E-state index in [0.29, 0.717) is 0 Å². The van der Waals surface area contributed by atoms with Crippen LogP contribution < -0.4 is 0 Å². The zero-order valence-electron chi connectivity index (χ0n) is 12.1. The first kappa shape index (κ1) is 13.6. The second kappa shape index (κ2) is 5.17. The number of rotatable bonds is 3. The summed E-state index contributed by atoms with van der Waals surface area (Å²) >= 11 is 0. The maximum absolute atomic E-state index is 13.4. The molecule has 0 unspecified atom stereocenters. The lowest BCUT2D eigenvalue weighted by Gasteiger charge is -2.08. The minimum atomic E-state index is -0.290. The van der Waals surface area contributed by atoms with Gasteiger partial charge in [0.2, 0.25) is 0 Å². The lowest BCUT2D eigenvalue weighted by molar-refractivity contribution is 0.0973. The van der Waals surface area contributed by atoms with Crippen LogP contribution in [-0.2, 0) is 6.54 Å². The van der Waals surface area contributed by atoms with Gasteiger partial charge in [-0.05, 0) is 49.1 Å². The molecule has 2 nitrogen and oxygen atoms in total. The van der Waals surface area contributed by atoms with Crippen molar-refractivity contribution in [3.05, 3.63) is 71.2 Å². The van der Waals surface area contributed by atoms with Gasteiger partial charge in [0.05, 0.1) is 12.1 Å². The third-order valence-electron chi connectivity index (χ3n) is 3.73. The first-order valence-electron chi connectivity index (χ1n) is 6.89. The zero-order chi connectivity index (χ0) is 15.0. The standard InChI is InChI=1S/C18H16FNO/c1-12-3-6-16(13(2)9-12)18(21)11-20-8-7-14-4-5-15(19)10-17(14)20/h3-10H,11H2,1-2H3. The SMILES string of the molecule is Cc1ccc(C(=O)Cn2ccc3ccc(F)cc32)c(C)c1. The number of aromatic nitrogens is 1. The van der Waals surface area contributed by atoms with Gasteiger partial charge < -0.3 is 4.57 Å². The number of hydrogen-bond donors (Lipinski definition) is 0. The van der Waals surface area contributed by atoms with Crippen LogP contribution in [-0.4, -0.2) is 10.4 Å². The molecule has 0 aliphatic carbocycles. The molecule has 0 aliphatic rings. The highest BCUT2D eigenvalue weighted by Gasteiger charge is 2.11. The third kappa shape index (κ3) is 2.59. The zero-order valence-corrected chi connectivity index (χ0v) is 12.1. The number of ketones is 1. The van der Waals surface area contributed by atoms with Gasteiger partial charge in [0.25, 0.3) is 0 Å². The molecular weight excluding hydrogens is 265 g/mol. The summed E-state index contributed by atoms with van der Waals surface area (Å²) in [5, 5.41) is 0.935. The Morgan fingerprint density at radius 2 is 1.90 bits per heavy atom. The summed E-state index contributed by atoms with van der Waals surface area (Å²) in [4.78, 5) is 12.5. The maximum Gasteiger partial charge on any atom is 0.182 e. The van der Waals surface area contributed by atoms with E-state index in [9.17, 15) is 9.18 Å². The quantitative estimate of drug-likeness (QED) is 0.657. The van der Waals surface area contributed by atoms with Crippen molar-refractivity contribution >= 4 is 16.7 Å². The highest BCUT2D eigenvalue weighted by Crippen LogP contribution is 2.19. The summed E-state index contributed by atoms with van der Waals surface area (Å²) in [5.41, 5.74) is 3.58. The number of nitrogens with zero attached hydrogens (tertiary/aromatic N) is 1. The molecule has 0 saturated heterocycles. The summed E-state index contributed by atoms with van der Waals surface area (Å²) in [7, 11) is 0. The molecule has 1 aromatic heterocycles. The molecule has 3 rings (SSSR count). The largest absolute Gasteiger partial charge is 0.340 e. The van der Waals surface area contributed by atoms with Gasteiger partial charge in [0, 0.05) is 11.8 Å². The van der Waals surface area contributed by atoms with Crippen molar-refractivity contribution in [1.29, 1.82) is 0 Å². The van der Waals surface area contributed by atoms with E-state index in [4.69, 9.17) is 0 Å². The molecule has 3 heteroatoms. The number of aryl methyl sites for hydroxylation is 2. The van der Waals surface area contributed by atoms with E-state index in [1.54, 1.807) is 10.6 Å². The number of halogens is 1. The Labute approximate surface area is 122 Å². The first-order valence-corrected chi connectivity index (χ1v) is 6.89. The smallest absolute Gasteiger partial charge is 0.182 e. The molecule has 0 bridgehead atoms. The van der Waals surface area contributed by atoms with Crippen molar-refractivity contribution in [2.75, 3.05) is 0 Å². The number of benzene rings is 2. The first-order chi connectivity index (χ1) is 10.0. The van der Waals surface area contributed by atoms with Gasteiger partial charge in [-0.2, -0.15) is 0 Å². The maximum atomic E-state index is 13.4. The van der Waals surface area contributed by atoms with Crippen LogP contribution in [0.25, 0.3) is 10.9 Å². The van der Waals surface area contributed by atoms with Crippen molar-refractivity contribution < 1.29 is 9.18 Å². The molecule has 0 aliphatic heterocycles. The predicted octanol–water partition coefficient (Wildman–Crippen LogP) is 4.28. The number of carbonyl (C=O) groups is 1. The van der Waals surface area contributed by atoms with Gasteiger partial charge in [-0.3, -0.25) is 4.79 Å². The van der Waals surface area contributed by atoms with E-state index in [2.05, 4.69) is 0 Å². The van der Waals surface area contributed by atoms with Gasteiger partial charge in [0.15, 0.2) is 5.78 Å². The van der Waals surface area contributed by atoms with Crippen LogP contribution in [0.1, 0.15) is 21.5 Å². The van der Waals surface area contributed by atoms with Crippen molar-refractivity contribution in [3.8, 4) is 0 Å². The Bertz CT molecular complexity index is 832. The lowest BCUT2D eigenvalue weighted by Crippen LogP contribution is -2.11. The van der Waals surface area contributed by atoms with Crippen molar-refractivity contribution in [2.24, 2.45) is 0 Å². The number of fused-ring (bicyclic) bond motifs is 1. The van der Waals surface area contributed by atoms with Crippen LogP contribution in [0.3, 0.4) is 0 Å². The minimum Gasteiger partial charge on any atom is -0.340 e. The molecule has 3 aromatic rings. The molecule has 0 atom stereocenters. The molecular formula is C18H16FNO. The summed E-state index contributed by atoms with van der Waals surface area (Å²) in [6, 6.07) is 12.3.